The highest BCUT2D eigenvalue weighted by Crippen LogP contribution is 2.29. The van der Waals surface area contributed by atoms with E-state index in [1.165, 1.54) is 16.3 Å². The number of nitrogens with zero attached hydrogens (tertiary/aromatic N) is 4. The fourth-order valence-electron chi connectivity index (χ4n) is 5.36. The van der Waals surface area contributed by atoms with Crippen LogP contribution in [0.15, 0.2) is 18.2 Å². The Bertz CT molecular complexity index is 1320. The van der Waals surface area contributed by atoms with Crippen LogP contribution in [0.25, 0.3) is 0 Å². The van der Waals surface area contributed by atoms with E-state index in [0.717, 1.165) is 30.1 Å². The van der Waals surface area contributed by atoms with Crippen LogP contribution in [0.1, 0.15) is 50.0 Å². The molecule has 1 fully saturated rings. The lowest BCUT2D eigenvalue weighted by atomic mass is 9.81. The number of urea groups is 1. The quantitative estimate of drug-likeness (QED) is 0.512. The van der Waals surface area contributed by atoms with E-state index in [9.17, 15) is 19.2 Å². The van der Waals surface area contributed by atoms with Crippen LogP contribution in [0.2, 0.25) is 5.02 Å². The van der Waals surface area contributed by atoms with Crippen molar-refractivity contribution in [2.45, 2.75) is 44.3 Å². The molecule has 2 aromatic rings. The number of fused-ring (bicyclic) bond motifs is 2. The predicted octanol–water partition coefficient (Wildman–Crippen LogP) is 2.37. The van der Waals surface area contributed by atoms with Gasteiger partial charge in [0, 0.05) is 55.0 Å². The van der Waals surface area contributed by atoms with Crippen molar-refractivity contribution in [3.63, 3.8) is 0 Å². The lowest BCUT2D eigenvalue weighted by Gasteiger charge is -2.38. The number of thiazole rings is 1. The van der Waals surface area contributed by atoms with E-state index >= 15 is 0 Å². The molecule has 0 radical (unpaired) electrons. The minimum atomic E-state index is -0.488. The third-order valence-corrected chi connectivity index (χ3v) is 8.78. The van der Waals surface area contributed by atoms with Gasteiger partial charge in [-0.1, -0.05) is 11.6 Å². The third kappa shape index (κ3) is 5.87. The highest BCUT2D eigenvalue weighted by Gasteiger charge is 2.38. The first-order valence-corrected chi connectivity index (χ1v) is 14.1. The van der Waals surface area contributed by atoms with Gasteiger partial charge >= 0.3 is 6.03 Å². The Kier molecular flexibility index (Phi) is 7.79. The van der Waals surface area contributed by atoms with Crippen molar-refractivity contribution in [3.8, 4) is 0 Å². The Morgan fingerprint density at radius 3 is 2.72 bits per heavy atom. The van der Waals surface area contributed by atoms with Crippen molar-refractivity contribution < 1.29 is 19.2 Å². The number of Topliss-reactive ketones (excluding diaryl/α,β-unsaturated/α-hetero) is 1. The molecule has 1 aromatic heterocycles. The van der Waals surface area contributed by atoms with Crippen LogP contribution >= 0.6 is 22.9 Å². The fourth-order valence-corrected chi connectivity index (χ4v) is 6.62. The predicted molar refractivity (Wildman–Crippen MR) is 148 cm³/mol. The second kappa shape index (κ2) is 11.1. The molecule has 11 nitrogen and oxygen atoms in total. The highest BCUT2D eigenvalue weighted by atomic mass is 35.5. The van der Waals surface area contributed by atoms with Gasteiger partial charge in [0.2, 0.25) is 5.91 Å². The van der Waals surface area contributed by atoms with E-state index in [1.807, 2.05) is 7.05 Å². The van der Waals surface area contributed by atoms with Crippen molar-refractivity contribution in [1.29, 1.82) is 0 Å². The Morgan fingerprint density at radius 1 is 1.15 bits per heavy atom. The molecule has 1 aliphatic carbocycles. The zero-order valence-corrected chi connectivity index (χ0v) is 23.7. The van der Waals surface area contributed by atoms with Crippen molar-refractivity contribution in [2.24, 2.45) is 5.92 Å². The number of hydrazine groups is 1. The number of hydrogen-bond donors (Lipinski definition) is 3. The molecule has 3 atom stereocenters. The van der Waals surface area contributed by atoms with Gasteiger partial charge in [0.05, 0.1) is 23.5 Å². The van der Waals surface area contributed by atoms with Crippen molar-refractivity contribution in [2.75, 3.05) is 39.7 Å². The smallest absolute Gasteiger partial charge is 0.336 e. The number of rotatable bonds is 4. The molecule has 1 aromatic carbocycles. The molecule has 0 bridgehead atoms. The third-order valence-electron chi connectivity index (χ3n) is 7.47. The first kappa shape index (κ1) is 27.4. The van der Waals surface area contributed by atoms with Crippen LogP contribution in [0.5, 0.6) is 0 Å². The van der Waals surface area contributed by atoms with Crippen molar-refractivity contribution >= 4 is 52.3 Å². The normalized spacial score (nSPS) is 22.8. The molecule has 4 amide bonds. The van der Waals surface area contributed by atoms with Crippen LogP contribution in [0.4, 0.5) is 10.5 Å². The minimum Gasteiger partial charge on any atom is -0.349 e. The molecule has 0 saturated heterocycles. The molecule has 208 valence electrons. The summed E-state index contributed by atoms with van der Waals surface area (Å²) in [5.41, 5.74) is 4.86. The van der Waals surface area contributed by atoms with Gasteiger partial charge < -0.3 is 20.4 Å². The summed E-state index contributed by atoms with van der Waals surface area (Å²) in [5, 5.41) is 8.10. The lowest BCUT2D eigenvalue weighted by molar-refractivity contribution is -0.134. The molecule has 39 heavy (non-hydrogen) atoms. The van der Waals surface area contributed by atoms with E-state index in [0.29, 0.717) is 40.5 Å². The molecule has 3 N–H and O–H groups in total. The molecule has 5 rings (SSSR count). The SMILES string of the molecule is CN1CCc2nc(C(=O)N[C@@H]3C[C@@H](C(=O)N(C)C)CC[C@@H]3NC(=O)N3CC(=O)c4cc(Cl)ccc4N3)sc2C1. The average Bonchev–Trinajstić information content (AvgIpc) is 3.33. The number of aromatic nitrogens is 1. The first-order valence-electron chi connectivity index (χ1n) is 13.0. The molecular formula is C26H32ClN7O4S. The summed E-state index contributed by atoms with van der Waals surface area (Å²) in [4.78, 5) is 61.4. The van der Waals surface area contributed by atoms with Gasteiger partial charge in [-0.3, -0.25) is 19.8 Å². The Balaban J connectivity index is 1.30. The summed E-state index contributed by atoms with van der Waals surface area (Å²) in [6.07, 6.45) is 2.25. The number of carbonyl (C=O) groups excluding carboxylic acids is 4. The van der Waals surface area contributed by atoms with Gasteiger partial charge in [0.1, 0.15) is 6.54 Å². The molecule has 1 saturated carbocycles. The Hall–Kier alpha value is -3.22. The number of halogens is 1. The molecule has 13 heteroatoms. The average molecular weight is 574 g/mol. The first-order chi connectivity index (χ1) is 18.6. The fraction of sp³-hybridized carbons (Fsp3) is 0.500. The number of benzene rings is 1. The number of hydrogen-bond acceptors (Lipinski definition) is 8. The van der Waals surface area contributed by atoms with E-state index in [2.05, 4.69) is 25.9 Å². The zero-order chi connectivity index (χ0) is 27.8. The van der Waals surface area contributed by atoms with Crippen LogP contribution in [0.3, 0.4) is 0 Å². The maximum absolute atomic E-state index is 13.3. The summed E-state index contributed by atoms with van der Waals surface area (Å²) >= 11 is 7.41. The topological polar surface area (TPSA) is 127 Å². The van der Waals surface area contributed by atoms with Gasteiger partial charge in [0.25, 0.3) is 5.91 Å². The largest absolute Gasteiger partial charge is 0.349 e. The van der Waals surface area contributed by atoms with Crippen molar-refractivity contribution in [1.82, 2.24) is 30.4 Å². The van der Waals surface area contributed by atoms with Crippen LogP contribution in [-0.4, -0.2) is 89.7 Å². The number of nitrogens with one attached hydrogen (secondary N) is 3. The summed E-state index contributed by atoms with van der Waals surface area (Å²) in [6.45, 7) is 1.50. The Morgan fingerprint density at radius 2 is 1.95 bits per heavy atom. The second-order valence-corrected chi connectivity index (χ2v) is 12.1. The summed E-state index contributed by atoms with van der Waals surface area (Å²) in [5.74, 6) is -0.825. The monoisotopic (exact) mass is 573 g/mol. The van der Waals surface area contributed by atoms with Crippen molar-refractivity contribution in [3.05, 3.63) is 44.4 Å². The summed E-state index contributed by atoms with van der Waals surface area (Å²) < 4.78 is 0. The van der Waals surface area contributed by atoms with E-state index in [4.69, 9.17) is 11.6 Å². The summed E-state index contributed by atoms with van der Waals surface area (Å²) in [6, 6.07) is 3.46. The maximum Gasteiger partial charge on any atom is 0.336 e. The molecular weight excluding hydrogens is 542 g/mol. The maximum atomic E-state index is 13.3. The van der Waals surface area contributed by atoms with Gasteiger partial charge in [-0.2, -0.15) is 0 Å². The van der Waals surface area contributed by atoms with Gasteiger partial charge in [-0.15, -0.1) is 11.3 Å². The van der Waals surface area contributed by atoms with E-state index < -0.39 is 18.1 Å². The number of likely N-dealkylation sites (N-methyl/N-ethyl adjacent to an activating group) is 1. The highest BCUT2D eigenvalue weighted by molar-refractivity contribution is 7.13. The Labute approximate surface area is 235 Å². The second-order valence-electron chi connectivity index (χ2n) is 10.6. The molecule has 2 aliphatic heterocycles. The molecule has 0 unspecified atom stereocenters. The molecule has 3 heterocycles. The number of anilines is 1. The minimum absolute atomic E-state index is 0.00895. The van der Waals surface area contributed by atoms with Crippen LogP contribution in [-0.2, 0) is 17.8 Å². The van der Waals surface area contributed by atoms with E-state index in [1.54, 1.807) is 37.2 Å². The number of carbonyl (C=O) groups is 4. The zero-order valence-electron chi connectivity index (χ0n) is 22.1. The van der Waals surface area contributed by atoms with Crippen LogP contribution < -0.4 is 16.1 Å². The lowest BCUT2D eigenvalue weighted by Crippen LogP contribution is -2.59. The van der Waals surface area contributed by atoms with Gasteiger partial charge in [-0.05, 0) is 44.5 Å². The van der Waals surface area contributed by atoms with E-state index in [-0.39, 0.29) is 30.1 Å². The molecule has 0 spiro atoms. The number of amides is 4. The standard InChI is InChI=1S/C26H32ClN7O4S/c1-32(2)25(37)14-4-6-18(30-26(38)34-12-21(35)16-11-15(27)5-7-17(16)31-34)20(10-14)28-23(36)24-29-19-8-9-33(3)13-22(19)39-24/h5,7,11,14,18,20,31H,4,6,8-10,12-13H2,1-3H3,(H,28,36)(H,30,38)/t14-,18-,20+/m0/s1. The number of ketones is 1. The molecule has 3 aliphatic rings. The van der Waals surface area contributed by atoms with Crippen LogP contribution in [0, 0.1) is 5.92 Å². The van der Waals surface area contributed by atoms with Gasteiger partial charge in [0.15, 0.2) is 10.8 Å². The van der Waals surface area contributed by atoms with Gasteiger partial charge in [-0.25, -0.2) is 14.8 Å². The summed E-state index contributed by atoms with van der Waals surface area (Å²) in [7, 11) is 5.47.